The van der Waals surface area contributed by atoms with Crippen LogP contribution in [0, 0.1) is 17.5 Å². The number of benzene rings is 2. The number of anilines is 2. The summed E-state index contributed by atoms with van der Waals surface area (Å²) in [5, 5.41) is 5.32. The molecule has 29 heavy (non-hydrogen) atoms. The molecule has 1 amide bonds. The molecule has 0 bridgehead atoms. The summed E-state index contributed by atoms with van der Waals surface area (Å²) >= 11 is 0. The van der Waals surface area contributed by atoms with Crippen LogP contribution in [0.4, 0.5) is 24.5 Å². The van der Waals surface area contributed by atoms with E-state index in [1.165, 1.54) is 12.1 Å². The van der Waals surface area contributed by atoms with Crippen LogP contribution in [0.3, 0.4) is 0 Å². The third kappa shape index (κ3) is 4.86. The predicted molar refractivity (Wildman–Crippen MR) is 101 cm³/mol. The Morgan fingerprint density at radius 2 is 1.69 bits per heavy atom. The molecule has 5 N–H and O–H groups in total. The fourth-order valence-electron chi connectivity index (χ4n) is 2.96. The average Bonchev–Trinajstić information content (AvgIpc) is 2.66. The van der Waals surface area contributed by atoms with Crippen LogP contribution in [0.1, 0.15) is 23.2 Å². The van der Waals surface area contributed by atoms with Crippen LogP contribution >= 0.6 is 0 Å². The monoisotopic (exact) mass is 428 g/mol. The van der Waals surface area contributed by atoms with E-state index in [2.05, 4.69) is 15.4 Å². The van der Waals surface area contributed by atoms with E-state index in [1.54, 1.807) is 0 Å². The molecule has 2 aromatic carbocycles. The van der Waals surface area contributed by atoms with Crippen LogP contribution in [0.15, 0.2) is 35.2 Å². The predicted octanol–water partition coefficient (Wildman–Crippen LogP) is 1.97. The summed E-state index contributed by atoms with van der Waals surface area (Å²) in [4.78, 5) is 12.1. The first-order chi connectivity index (χ1) is 13.7. The molecule has 0 aromatic heterocycles. The van der Waals surface area contributed by atoms with Crippen molar-refractivity contribution in [2.45, 2.75) is 23.8 Å². The molecule has 0 spiro atoms. The molecule has 1 aliphatic heterocycles. The number of carbonyl (C=O) groups excluding carboxylic acids is 1. The zero-order valence-electron chi connectivity index (χ0n) is 15.1. The van der Waals surface area contributed by atoms with Crippen LogP contribution in [0.5, 0.6) is 0 Å². The van der Waals surface area contributed by atoms with Gasteiger partial charge in [0.25, 0.3) is 5.91 Å². The second kappa shape index (κ2) is 8.39. The highest BCUT2D eigenvalue weighted by Gasteiger charge is 2.25. The van der Waals surface area contributed by atoms with Crippen LogP contribution in [0.25, 0.3) is 0 Å². The smallest absolute Gasteiger partial charge is 0.255 e. The lowest BCUT2D eigenvalue weighted by atomic mass is 10.1. The maximum atomic E-state index is 13.3. The summed E-state index contributed by atoms with van der Waals surface area (Å²) < 4.78 is 67.6. The number of hydrogen-bond acceptors (Lipinski definition) is 5. The third-order valence-corrected chi connectivity index (χ3v) is 6.04. The van der Waals surface area contributed by atoms with Crippen molar-refractivity contribution in [2.75, 3.05) is 24.1 Å². The second-order valence-corrected chi connectivity index (χ2v) is 8.29. The molecule has 1 fully saturated rings. The number of rotatable bonds is 5. The molecule has 156 valence electrons. The quantitative estimate of drug-likeness (QED) is 0.430. The van der Waals surface area contributed by atoms with Gasteiger partial charge in [-0.05, 0) is 44.1 Å². The number of nitrogens with one attached hydrogen (secondary N) is 3. The van der Waals surface area contributed by atoms with Gasteiger partial charge in [-0.25, -0.2) is 26.3 Å². The van der Waals surface area contributed by atoms with Gasteiger partial charge in [0.2, 0.25) is 10.0 Å². The molecule has 0 saturated carbocycles. The molecule has 1 saturated heterocycles. The van der Waals surface area contributed by atoms with Gasteiger partial charge in [-0.3, -0.25) is 4.79 Å². The van der Waals surface area contributed by atoms with Gasteiger partial charge in [-0.1, -0.05) is 0 Å². The summed E-state index contributed by atoms with van der Waals surface area (Å²) in [5.74, 6) is -5.43. The number of carbonyl (C=O) groups is 1. The maximum absolute atomic E-state index is 13.3. The highest BCUT2D eigenvalue weighted by atomic mass is 32.2. The molecule has 7 nitrogen and oxygen atoms in total. The van der Waals surface area contributed by atoms with Crippen LogP contribution in [0.2, 0.25) is 0 Å². The molecule has 11 heteroatoms. The number of amides is 1. The maximum Gasteiger partial charge on any atom is 0.255 e. The summed E-state index contributed by atoms with van der Waals surface area (Å²) in [6.07, 6.45) is 1.22. The Balaban J connectivity index is 1.83. The van der Waals surface area contributed by atoms with Crippen molar-refractivity contribution >= 4 is 27.3 Å². The number of sulfonamides is 1. The van der Waals surface area contributed by atoms with E-state index >= 15 is 0 Å². The number of halogens is 3. The largest absolute Gasteiger partial charge is 0.398 e. The molecule has 0 radical (unpaired) electrons. The van der Waals surface area contributed by atoms with E-state index in [0.29, 0.717) is 38.1 Å². The van der Waals surface area contributed by atoms with Crippen molar-refractivity contribution in [3.05, 3.63) is 53.3 Å². The van der Waals surface area contributed by atoms with Crippen molar-refractivity contribution in [3.63, 3.8) is 0 Å². The fourth-order valence-corrected chi connectivity index (χ4v) is 4.42. The Bertz CT molecular complexity index is 1020. The Labute approximate surface area is 165 Å². The summed E-state index contributed by atoms with van der Waals surface area (Å²) in [7, 11) is -3.99. The van der Waals surface area contributed by atoms with E-state index < -0.39 is 33.4 Å². The Morgan fingerprint density at radius 1 is 1.07 bits per heavy atom. The molecule has 1 heterocycles. The minimum atomic E-state index is -3.99. The first-order valence-electron chi connectivity index (χ1n) is 8.76. The second-order valence-electron chi connectivity index (χ2n) is 6.61. The Morgan fingerprint density at radius 3 is 2.31 bits per heavy atom. The third-order valence-electron chi connectivity index (χ3n) is 4.47. The van der Waals surface area contributed by atoms with E-state index in [9.17, 15) is 26.4 Å². The number of hydrogen-bond donors (Lipinski definition) is 4. The Kier molecular flexibility index (Phi) is 6.10. The Hall–Kier alpha value is -2.63. The molecular formula is C18H19F3N4O3S. The van der Waals surface area contributed by atoms with Gasteiger partial charge in [-0.15, -0.1) is 0 Å². The molecule has 2 aromatic rings. The standard InChI is InChI=1S/C18H19F3N4O3S/c19-13-8-12(9-14(20)17(13)21)24-18(26)10-1-2-15(22)16(7-10)29(27,28)25-11-3-5-23-6-4-11/h1-2,7-9,11,23,25H,3-6,22H2,(H,24,26). The summed E-state index contributed by atoms with van der Waals surface area (Å²) in [6, 6.07) is 4.56. The zero-order valence-corrected chi connectivity index (χ0v) is 16.0. The molecule has 0 aliphatic carbocycles. The van der Waals surface area contributed by atoms with E-state index in [1.807, 2.05) is 0 Å². The van der Waals surface area contributed by atoms with E-state index in [-0.39, 0.29) is 27.9 Å². The first-order valence-corrected chi connectivity index (χ1v) is 10.2. The number of nitrogen functional groups attached to an aromatic ring is 1. The highest BCUT2D eigenvalue weighted by Crippen LogP contribution is 2.23. The van der Waals surface area contributed by atoms with Crippen LogP contribution < -0.4 is 21.1 Å². The van der Waals surface area contributed by atoms with Crippen LogP contribution in [-0.4, -0.2) is 33.5 Å². The van der Waals surface area contributed by atoms with Gasteiger partial charge in [-0.2, -0.15) is 0 Å². The summed E-state index contributed by atoms with van der Waals surface area (Å²) in [6.45, 7) is 1.35. The molecule has 3 rings (SSSR count). The highest BCUT2D eigenvalue weighted by molar-refractivity contribution is 7.89. The minimum Gasteiger partial charge on any atom is -0.398 e. The summed E-state index contributed by atoms with van der Waals surface area (Å²) in [5.41, 5.74) is 5.31. The SMILES string of the molecule is Nc1ccc(C(=O)Nc2cc(F)c(F)c(F)c2)cc1S(=O)(=O)NC1CCNCC1. The number of piperidine rings is 1. The topological polar surface area (TPSA) is 113 Å². The van der Waals surface area contributed by atoms with Gasteiger partial charge in [0, 0.05) is 29.4 Å². The number of nitrogens with two attached hydrogens (primary N) is 1. The van der Waals surface area contributed by atoms with Crippen LogP contribution in [-0.2, 0) is 10.0 Å². The van der Waals surface area contributed by atoms with Crippen molar-refractivity contribution in [3.8, 4) is 0 Å². The zero-order chi connectivity index (χ0) is 21.2. The lowest BCUT2D eigenvalue weighted by molar-refractivity contribution is 0.102. The van der Waals surface area contributed by atoms with Gasteiger partial charge >= 0.3 is 0 Å². The fraction of sp³-hybridized carbons (Fsp3) is 0.278. The lowest BCUT2D eigenvalue weighted by Gasteiger charge is -2.24. The van der Waals surface area contributed by atoms with E-state index in [0.717, 1.165) is 6.07 Å². The average molecular weight is 428 g/mol. The van der Waals surface area contributed by atoms with Gasteiger partial charge in [0.1, 0.15) is 4.90 Å². The molecule has 1 aliphatic rings. The van der Waals surface area contributed by atoms with Gasteiger partial charge in [0.15, 0.2) is 17.5 Å². The van der Waals surface area contributed by atoms with Gasteiger partial charge in [0.05, 0.1) is 5.69 Å². The van der Waals surface area contributed by atoms with Crippen molar-refractivity contribution in [2.24, 2.45) is 0 Å². The first kappa shape index (κ1) is 21.1. The van der Waals surface area contributed by atoms with E-state index in [4.69, 9.17) is 5.73 Å². The molecular weight excluding hydrogens is 409 g/mol. The minimum absolute atomic E-state index is 0.0538. The van der Waals surface area contributed by atoms with Crippen molar-refractivity contribution in [1.82, 2.24) is 10.0 Å². The lowest BCUT2D eigenvalue weighted by Crippen LogP contribution is -2.42. The van der Waals surface area contributed by atoms with Gasteiger partial charge < -0.3 is 16.4 Å². The van der Waals surface area contributed by atoms with Crippen molar-refractivity contribution in [1.29, 1.82) is 0 Å². The molecule has 0 unspecified atom stereocenters. The normalized spacial score (nSPS) is 15.3. The van der Waals surface area contributed by atoms with Crippen molar-refractivity contribution < 1.29 is 26.4 Å². The molecule has 0 atom stereocenters.